The summed E-state index contributed by atoms with van der Waals surface area (Å²) in [5.41, 5.74) is 7.98. The number of benzene rings is 2. The Bertz CT molecular complexity index is 1090. The van der Waals surface area contributed by atoms with E-state index in [1.165, 1.54) is 6.92 Å². The molecule has 1 heterocycles. The van der Waals surface area contributed by atoms with Crippen molar-refractivity contribution in [2.24, 2.45) is 5.73 Å². The summed E-state index contributed by atoms with van der Waals surface area (Å²) in [6.45, 7) is 3.27. The van der Waals surface area contributed by atoms with Gasteiger partial charge < -0.3 is 11.1 Å². The van der Waals surface area contributed by atoms with E-state index >= 15 is 0 Å². The third-order valence-electron chi connectivity index (χ3n) is 4.37. The van der Waals surface area contributed by atoms with Gasteiger partial charge in [0.2, 0.25) is 5.91 Å². The van der Waals surface area contributed by atoms with Gasteiger partial charge in [-0.05, 0) is 44.2 Å². The molecule has 0 radical (unpaired) electrons. The second kappa shape index (κ2) is 8.45. The van der Waals surface area contributed by atoms with Crippen LogP contribution in [0.15, 0.2) is 42.5 Å². The Morgan fingerprint density at radius 1 is 1.07 bits per heavy atom. The summed E-state index contributed by atoms with van der Waals surface area (Å²) in [6.07, 6.45) is 0. The first-order valence-electron chi connectivity index (χ1n) is 8.60. The van der Waals surface area contributed by atoms with Crippen LogP contribution in [-0.2, 0) is 4.79 Å². The van der Waals surface area contributed by atoms with E-state index in [9.17, 15) is 9.59 Å². The zero-order valence-electron chi connectivity index (χ0n) is 15.5. The third kappa shape index (κ3) is 4.40. The Hall–Kier alpha value is -2.54. The van der Waals surface area contributed by atoms with Crippen LogP contribution in [0.3, 0.4) is 0 Å². The van der Waals surface area contributed by atoms with Crippen LogP contribution in [0.25, 0.3) is 16.9 Å². The molecule has 0 saturated carbocycles. The minimum atomic E-state index is -0.842. The number of nitrogens with zero attached hydrogens (tertiary/aromatic N) is 2. The normalized spacial score (nSPS) is 11.9. The fraction of sp³-hybridized carbons (Fsp3) is 0.150. The molecule has 0 aliphatic heterocycles. The molecule has 0 spiro atoms. The van der Waals surface area contributed by atoms with Crippen LogP contribution in [-0.4, -0.2) is 27.6 Å². The lowest BCUT2D eigenvalue weighted by Crippen LogP contribution is -2.42. The maximum Gasteiger partial charge on any atom is 0.272 e. The van der Waals surface area contributed by atoms with Gasteiger partial charge in [0.05, 0.1) is 16.4 Å². The number of primary amides is 1. The number of nitrogens with one attached hydrogen (secondary N) is 1. The zero-order chi connectivity index (χ0) is 21.3. The van der Waals surface area contributed by atoms with E-state index in [2.05, 4.69) is 10.4 Å². The molecule has 1 atom stereocenters. The van der Waals surface area contributed by atoms with Crippen molar-refractivity contribution in [3.63, 3.8) is 0 Å². The van der Waals surface area contributed by atoms with E-state index in [1.807, 2.05) is 12.1 Å². The molecule has 0 fully saturated rings. The lowest BCUT2D eigenvalue weighted by atomic mass is 10.1. The molecule has 0 aliphatic rings. The molecule has 2 aromatic carbocycles. The molecule has 1 aromatic heterocycles. The molecular formula is C20H17Cl3N4O2. The number of hydrogen-bond acceptors (Lipinski definition) is 3. The van der Waals surface area contributed by atoms with Gasteiger partial charge in [-0.25, -0.2) is 4.68 Å². The van der Waals surface area contributed by atoms with Gasteiger partial charge in [0.1, 0.15) is 6.04 Å². The number of halogens is 3. The number of carbonyl (C=O) groups excluding carboxylic acids is 2. The van der Waals surface area contributed by atoms with Crippen LogP contribution < -0.4 is 11.1 Å². The average Bonchev–Trinajstić information content (AvgIpc) is 2.99. The SMILES string of the molecule is Cc1c(C(=O)NC(C)C(N)=O)nn(-c2ccc(Cl)cc2Cl)c1-c1ccc(Cl)cc1. The van der Waals surface area contributed by atoms with Gasteiger partial charge in [0.25, 0.3) is 5.91 Å². The summed E-state index contributed by atoms with van der Waals surface area (Å²) in [7, 11) is 0. The Balaban J connectivity index is 2.19. The molecule has 0 saturated heterocycles. The summed E-state index contributed by atoms with van der Waals surface area (Å²) in [5, 5.41) is 8.44. The molecule has 0 aliphatic carbocycles. The monoisotopic (exact) mass is 450 g/mol. The molecule has 29 heavy (non-hydrogen) atoms. The van der Waals surface area contributed by atoms with Crippen LogP contribution in [0.1, 0.15) is 23.0 Å². The topological polar surface area (TPSA) is 90.0 Å². The summed E-state index contributed by atoms with van der Waals surface area (Å²) >= 11 is 18.4. The lowest BCUT2D eigenvalue weighted by Gasteiger charge is -2.11. The molecule has 0 bridgehead atoms. The third-order valence-corrected chi connectivity index (χ3v) is 5.16. The molecular weight excluding hydrogens is 435 g/mol. The molecule has 1 unspecified atom stereocenters. The minimum absolute atomic E-state index is 0.147. The standard InChI is InChI=1S/C20H17Cl3N4O2/c1-10-17(20(29)25-11(2)19(24)28)26-27(16-8-7-14(22)9-15(16)23)18(10)12-3-5-13(21)6-4-12/h3-9,11H,1-2H3,(H2,24,28)(H,25,29). The maximum atomic E-state index is 12.7. The van der Waals surface area contributed by atoms with Gasteiger partial charge in [-0.2, -0.15) is 5.10 Å². The van der Waals surface area contributed by atoms with Crippen molar-refractivity contribution in [1.82, 2.24) is 15.1 Å². The molecule has 3 aromatic rings. The van der Waals surface area contributed by atoms with Crippen LogP contribution in [0.2, 0.25) is 15.1 Å². The molecule has 6 nitrogen and oxygen atoms in total. The van der Waals surface area contributed by atoms with E-state index < -0.39 is 17.9 Å². The van der Waals surface area contributed by atoms with Crippen molar-refractivity contribution < 1.29 is 9.59 Å². The largest absolute Gasteiger partial charge is 0.368 e. The van der Waals surface area contributed by atoms with Crippen molar-refractivity contribution in [2.75, 3.05) is 0 Å². The van der Waals surface area contributed by atoms with Gasteiger partial charge in [-0.1, -0.05) is 46.9 Å². The fourth-order valence-electron chi connectivity index (χ4n) is 2.82. The van der Waals surface area contributed by atoms with Crippen molar-refractivity contribution in [1.29, 1.82) is 0 Å². The predicted molar refractivity (Wildman–Crippen MR) is 115 cm³/mol. The second-order valence-corrected chi connectivity index (χ2v) is 7.71. The van der Waals surface area contributed by atoms with E-state index in [1.54, 1.807) is 41.9 Å². The quantitative estimate of drug-likeness (QED) is 0.602. The first-order valence-corrected chi connectivity index (χ1v) is 9.73. The number of carbonyl (C=O) groups is 2. The number of aromatic nitrogens is 2. The van der Waals surface area contributed by atoms with Gasteiger partial charge >= 0.3 is 0 Å². The first-order chi connectivity index (χ1) is 13.7. The number of hydrogen-bond donors (Lipinski definition) is 2. The lowest BCUT2D eigenvalue weighted by molar-refractivity contribution is -0.119. The van der Waals surface area contributed by atoms with E-state index in [-0.39, 0.29) is 5.69 Å². The van der Waals surface area contributed by atoms with Crippen molar-refractivity contribution in [2.45, 2.75) is 19.9 Å². The Morgan fingerprint density at radius 2 is 1.69 bits per heavy atom. The number of nitrogens with two attached hydrogens (primary N) is 1. The molecule has 9 heteroatoms. The van der Waals surface area contributed by atoms with Crippen molar-refractivity contribution >= 4 is 46.6 Å². The summed E-state index contributed by atoms with van der Waals surface area (Å²) in [4.78, 5) is 24.0. The molecule has 3 rings (SSSR count). The van der Waals surface area contributed by atoms with Gasteiger partial charge in [0, 0.05) is 21.2 Å². The minimum Gasteiger partial charge on any atom is -0.368 e. The van der Waals surface area contributed by atoms with Gasteiger partial charge in [-0.3, -0.25) is 9.59 Å². The van der Waals surface area contributed by atoms with Crippen LogP contribution in [0.4, 0.5) is 0 Å². The predicted octanol–water partition coefficient (Wildman–Crippen LogP) is 4.41. The highest BCUT2D eigenvalue weighted by molar-refractivity contribution is 6.35. The van der Waals surface area contributed by atoms with Gasteiger partial charge in [0.15, 0.2) is 5.69 Å². The maximum absolute atomic E-state index is 12.7. The second-order valence-electron chi connectivity index (χ2n) is 6.43. The van der Waals surface area contributed by atoms with Gasteiger partial charge in [-0.15, -0.1) is 0 Å². The van der Waals surface area contributed by atoms with Crippen LogP contribution >= 0.6 is 34.8 Å². The summed E-state index contributed by atoms with van der Waals surface area (Å²) in [5.74, 6) is -1.16. The van der Waals surface area contributed by atoms with Crippen LogP contribution in [0, 0.1) is 6.92 Å². The highest BCUT2D eigenvalue weighted by Gasteiger charge is 2.24. The Kier molecular flexibility index (Phi) is 6.17. The number of rotatable bonds is 5. The average molecular weight is 452 g/mol. The highest BCUT2D eigenvalue weighted by Crippen LogP contribution is 2.33. The molecule has 150 valence electrons. The molecule has 2 amide bonds. The van der Waals surface area contributed by atoms with E-state index in [0.29, 0.717) is 32.0 Å². The van der Waals surface area contributed by atoms with Crippen molar-refractivity contribution in [3.8, 4) is 16.9 Å². The highest BCUT2D eigenvalue weighted by atomic mass is 35.5. The summed E-state index contributed by atoms with van der Waals surface area (Å²) < 4.78 is 1.57. The first kappa shape index (κ1) is 21.2. The fourth-order valence-corrected chi connectivity index (χ4v) is 3.44. The van der Waals surface area contributed by atoms with E-state index in [4.69, 9.17) is 40.5 Å². The summed E-state index contributed by atoms with van der Waals surface area (Å²) in [6, 6.07) is 11.3. The smallest absolute Gasteiger partial charge is 0.272 e. The Morgan fingerprint density at radius 3 is 2.28 bits per heavy atom. The number of amides is 2. The molecule has 3 N–H and O–H groups in total. The van der Waals surface area contributed by atoms with E-state index in [0.717, 1.165) is 5.56 Å². The Labute approximate surface area is 182 Å². The van der Waals surface area contributed by atoms with Crippen LogP contribution in [0.5, 0.6) is 0 Å². The van der Waals surface area contributed by atoms with Crippen molar-refractivity contribution in [3.05, 3.63) is 68.8 Å². The zero-order valence-corrected chi connectivity index (χ0v) is 17.8.